The summed E-state index contributed by atoms with van der Waals surface area (Å²) in [7, 11) is 0. The maximum atomic E-state index is 12.2. The van der Waals surface area contributed by atoms with Gasteiger partial charge in [-0.25, -0.2) is 4.98 Å². The number of hydrogen-bond acceptors (Lipinski definition) is 4. The largest absolute Gasteiger partial charge is 0.325 e. The summed E-state index contributed by atoms with van der Waals surface area (Å²) in [6.45, 7) is 6.53. The molecule has 2 N–H and O–H groups in total. The van der Waals surface area contributed by atoms with E-state index in [2.05, 4.69) is 53.4 Å². The molecule has 0 bridgehead atoms. The molecular formula is C20H28N4OS. The van der Waals surface area contributed by atoms with E-state index >= 15 is 0 Å². The molecule has 0 atom stereocenters. The van der Waals surface area contributed by atoms with Crippen LogP contribution < -0.4 is 5.32 Å². The lowest BCUT2D eigenvalue weighted by atomic mass is 9.87. The molecule has 2 aromatic rings. The summed E-state index contributed by atoms with van der Waals surface area (Å²) >= 11 is 1.37. The average Bonchev–Trinajstić information content (AvgIpc) is 3.25. The van der Waals surface area contributed by atoms with Crippen LogP contribution in [0, 0.1) is 5.92 Å². The molecule has 5 nitrogen and oxygen atoms in total. The minimum absolute atomic E-state index is 0.0411. The zero-order chi connectivity index (χ0) is 18.6. The van der Waals surface area contributed by atoms with Gasteiger partial charge in [0.2, 0.25) is 11.1 Å². The van der Waals surface area contributed by atoms with Crippen LogP contribution in [0.3, 0.4) is 0 Å². The highest BCUT2D eigenvalue weighted by atomic mass is 32.2. The number of aromatic amines is 1. The maximum Gasteiger partial charge on any atom is 0.234 e. The smallest absolute Gasteiger partial charge is 0.234 e. The van der Waals surface area contributed by atoms with Crippen molar-refractivity contribution < 1.29 is 4.79 Å². The second-order valence-corrected chi connectivity index (χ2v) is 9.03. The van der Waals surface area contributed by atoms with Crippen LogP contribution in [0.1, 0.15) is 57.8 Å². The number of nitrogens with one attached hydrogen (secondary N) is 2. The second-order valence-electron chi connectivity index (χ2n) is 8.08. The van der Waals surface area contributed by atoms with E-state index in [0.29, 0.717) is 10.9 Å². The first-order chi connectivity index (χ1) is 12.4. The minimum Gasteiger partial charge on any atom is -0.325 e. The Kier molecular flexibility index (Phi) is 6.01. The third-order valence-electron chi connectivity index (χ3n) is 4.84. The summed E-state index contributed by atoms with van der Waals surface area (Å²) in [5, 5.41) is 10.8. The minimum atomic E-state index is -0.0411. The van der Waals surface area contributed by atoms with Gasteiger partial charge < -0.3 is 5.32 Å². The number of H-pyrrole nitrogens is 1. The quantitative estimate of drug-likeness (QED) is 0.729. The molecule has 1 amide bonds. The van der Waals surface area contributed by atoms with Gasteiger partial charge in [0.05, 0.1) is 5.75 Å². The Hall–Kier alpha value is -1.82. The summed E-state index contributed by atoms with van der Waals surface area (Å²) in [5.41, 5.74) is 2.18. The standard InChI is InChI=1S/C20H28N4OS/c1-20(2,3)15-8-10-16(11-9-15)21-18(25)13-26-19-22-17(23-24-19)12-14-6-4-5-7-14/h8-11,14H,4-7,12-13H2,1-3H3,(H,21,25)(H,22,23,24). The van der Waals surface area contributed by atoms with Gasteiger partial charge in [-0.1, -0.05) is 70.3 Å². The Bertz CT molecular complexity index is 727. The van der Waals surface area contributed by atoms with E-state index < -0.39 is 0 Å². The molecule has 0 radical (unpaired) electrons. The molecular weight excluding hydrogens is 344 g/mol. The van der Waals surface area contributed by atoms with E-state index in [1.54, 1.807) is 0 Å². The summed E-state index contributed by atoms with van der Waals surface area (Å²) < 4.78 is 0. The number of benzene rings is 1. The van der Waals surface area contributed by atoms with Crippen molar-refractivity contribution in [3.8, 4) is 0 Å². The summed E-state index contributed by atoms with van der Waals surface area (Å²) in [6.07, 6.45) is 6.22. The lowest BCUT2D eigenvalue weighted by Gasteiger charge is -2.19. The van der Waals surface area contributed by atoms with Crippen molar-refractivity contribution in [2.75, 3.05) is 11.1 Å². The van der Waals surface area contributed by atoms with Gasteiger partial charge in [0.1, 0.15) is 5.82 Å². The van der Waals surface area contributed by atoms with Crippen LogP contribution in [-0.2, 0) is 16.6 Å². The van der Waals surface area contributed by atoms with E-state index in [0.717, 1.165) is 23.9 Å². The van der Waals surface area contributed by atoms with Crippen LogP contribution in [0.2, 0.25) is 0 Å². The third kappa shape index (κ3) is 5.34. The fraction of sp³-hybridized carbons (Fsp3) is 0.550. The van der Waals surface area contributed by atoms with Gasteiger partial charge in [-0.05, 0) is 29.0 Å². The SMILES string of the molecule is CC(C)(C)c1ccc(NC(=O)CSc2n[nH]c(CC3CCCC3)n2)cc1. The highest BCUT2D eigenvalue weighted by Crippen LogP contribution is 2.27. The Labute approximate surface area is 159 Å². The summed E-state index contributed by atoms with van der Waals surface area (Å²) in [6, 6.07) is 8.03. The molecule has 1 aromatic carbocycles. The van der Waals surface area contributed by atoms with Gasteiger partial charge in [-0.3, -0.25) is 9.89 Å². The van der Waals surface area contributed by atoms with Gasteiger partial charge in [0.25, 0.3) is 0 Å². The van der Waals surface area contributed by atoms with Gasteiger partial charge >= 0.3 is 0 Å². The van der Waals surface area contributed by atoms with Crippen LogP contribution in [0.5, 0.6) is 0 Å². The van der Waals surface area contributed by atoms with Crippen molar-refractivity contribution in [2.24, 2.45) is 5.92 Å². The molecule has 140 valence electrons. The molecule has 0 spiro atoms. The van der Waals surface area contributed by atoms with E-state index in [9.17, 15) is 4.79 Å². The molecule has 1 aliphatic carbocycles. The third-order valence-corrected chi connectivity index (χ3v) is 5.68. The highest BCUT2D eigenvalue weighted by Gasteiger charge is 2.18. The summed E-state index contributed by atoms with van der Waals surface area (Å²) in [4.78, 5) is 16.7. The maximum absolute atomic E-state index is 12.2. The van der Waals surface area contributed by atoms with Crippen LogP contribution in [-0.4, -0.2) is 26.8 Å². The number of carbonyl (C=O) groups is 1. The van der Waals surface area contributed by atoms with Crippen molar-refractivity contribution in [2.45, 2.75) is 63.4 Å². The zero-order valence-electron chi connectivity index (χ0n) is 15.8. The Morgan fingerprint density at radius 1 is 1.23 bits per heavy atom. The van der Waals surface area contributed by atoms with Crippen molar-refractivity contribution in [1.82, 2.24) is 15.2 Å². The van der Waals surface area contributed by atoms with Gasteiger partial charge in [0, 0.05) is 12.1 Å². The van der Waals surface area contributed by atoms with Gasteiger partial charge in [-0.15, -0.1) is 5.10 Å². The van der Waals surface area contributed by atoms with Crippen LogP contribution >= 0.6 is 11.8 Å². The van der Waals surface area contributed by atoms with Crippen molar-refractivity contribution in [1.29, 1.82) is 0 Å². The lowest BCUT2D eigenvalue weighted by molar-refractivity contribution is -0.113. The number of anilines is 1. The number of hydrogen-bond donors (Lipinski definition) is 2. The monoisotopic (exact) mass is 372 g/mol. The van der Waals surface area contributed by atoms with Crippen molar-refractivity contribution in [3.05, 3.63) is 35.7 Å². The van der Waals surface area contributed by atoms with Crippen molar-refractivity contribution >= 4 is 23.4 Å². The van der Waals surface area contributed by atoms with E-state index in [4.69, 9.17) is 0 Å². The first-order valence-electron chi connectivity index (χ1n) is 9.34. The van der Waals surface area contributed by atoms with Crippen LogP contribution in [0.25, 0.3) is 0 Å². The molecule has 0 unspecified atom stereocenters. The van der Waals surface area contributed by atoms with Gasteiger partial charge in [-0.2, -0.15) is 0 Å². The number of thioether (sulfide) groups is 1. The Morgan fingerprint density at radius 3 is 2.58 bits per heavy atom. The number of rotatable bonds is 6. The average molecular weight is 373 g/mol. The Balaban J connectivity index is 1.46. The molecule has 3 rings (SSSR count). The van der Waals surface area contributed by atoms with Crippen LogP contribution in [0.15, 0.2) is 29.4 Å². The lowest BCUT2D eigenvalue weighted by Crippen LogP contribution is -2.15. The molecule has 1 saturated carbocycles. The number of carbonyl (C=O) groups excluding carboxylic acids is 1. The Morgan fingerprint density at radius 2 is 1.92 bits per heavy atom. The van der Waals surface area contributed by atoms with Gasteiger partial charge in [0.15, 0.2) is 0 Å². The normalized spacial score (nSPS) is 15.3. The first kappa shape index (κ1) is 19.0. The van der Waals surface area contributed by atoms with E-state index in [1.807, 2.05) is 12.1 Å². The molecule has 0 saturated heterocycles. The number of amides is 1. The topological polar surface area (TPSA) is 70.7 Å². The molecule has 1 fully saturated rings. The van der Waals surface area contributed by atoms with E-state index in [-0.39, 0.29) is 11.3 Å². The fourth-order valence-electron chi connectivity index (χ4n) is 3.30. The fourth-order valence-corrected chi connectivity index (χ4v) is 3.92. The summed E-state index contributed by atoms with van der Waals surface area (Å²) in [5.74, 6) is 1.94. The molecule has 0 aliphatic heterocycles. The number of nitrogens with zero attached hydrogens (tertiary/aromatic N) is 2. The predicted molar refractivity (Wildman–Crippen MR) is 107 cm³/mol. The molecule has 1 heterocycles. The number of aromatic nitrogens is 3. The first-order valence-corrected chi connectivity index (χ1v) is 10.3. The second kappa shape index (κ2) is 8.25. The van der Waals surface area contributed by atoms with E-state index in [1.165, 1.54) is 43.0 Å². The molecule has 6 heteroatoms. The van der Waals surface area contributed by atoms with Crippen LogP contribution in [0.4, 0.5) is 5.69 Å². The van der Waals surface area contributed by atoms with Crippen molar-refractivity contribution in [3.63, 3.8) is 0 Å². The predicted octanol–water partition coefficient (Wildman–Crippen LogP) is 4.57. The molecule has 1 aliphatic rings. The molecule has 26 heavy (non-hydrogen) atoms. The zero-order valence-corrected chi connectivity index (χ0v) is 16.7. The molecule has 1 aromatic heterocycles. The highest BCUT2D eigenvalue weighted by molar-refractivity contribution is 7.99.